The molecule has 4 rings (SSSR count). The molecule has 3 heterocycles. The minimum absolute atomic E-state index is 0. The second-order valence-electron chi connectivity index (χ2n) is 7.34. The van der Waals surface area contributed by atoms with Crippen molar-refractivity contribution in [3.8, 4) is 0 Å². The minimum atomic E-state index is -0.408. The molecule has 2 aromatic rings. The van der Waals surface area contributed by atoms with Crippen LogP contribution >= 0.6 is 24.0 Å². The molecule has 1 saturated carbocycles. The zero-order valence-corrected chi connectivity index (χ0v) is 18.8. The molecule has 2 aromatic heterocycles. The molecule has 0 atom stereocenters. The van der Waals surface area contributed by atoms with Crippen LogP contribution < -0.4 is 10.2 Å². The maximum Gasteiger partial charge on any atom is 0.225 e. The fourth-order valence-corrected chi connectivity index (χ4v) is 3.80. The molecule has 0 aromatic carbocycles. The molecule has 29 heavy (non-hydrogen) atoms. The van der Waals surface area contributed by atoms with E-state index in [0.717, 1.165) is 44.3 Å². The van der Waals surface area contributed by atoms with Gasteiger partial charge >= 0.3 is 0 Å². The molecule has 2 fully saturated rings. The average molecular weight is 514 g/mol. The van der Waals surface area contributed by atoms with Gasteiger partial charge in [-0.2, -0.15) is 0 Å². The Hall–Kier alpha value is -1.91. The van der Waals surface area contributed by atoms with E-state index in [9.17, 15) is 4.39 Å². The SMILES string of the molecule is Fc1cnc(N2CCN(C(=NCCc3ccco3)NC3CCCC3)CC2)nc1.I. The molecule has 0 bridgehead atoms. The van der Waals surface area contributed by atoms with Crippen LogP contribution in [0.2, 0.25) is 0 Å². The van der Waals surface area contributed by atoms with E-state index in [1.165, 1.54) is 38.1 Å². The third-order valence-corrected chi connectivity index (χ3v) is 5.36. The van der Waals surface area contributed by atoms with Gasteiger partial charge in [-0.05, 0) is 25.0 Å². The Morgan fingerprint density at radius 2 is 1.90 bits per heavy atom. The summed E-state index contributed by atoms with van der Waals surface area (Å²) in [4.78, 5) is 17.5. The number of anilines is 1. The highest BCUT2D eigenvalue weighted by Gasteiger charge is 2.24. The van der Waals surface area contributed by atoms with Crippen LogP contribution in [0, 0.1) is 5.82 Å². The van der Waals surface area contributed by atoms with Crippen LogP contribution in [0.15, 0.2) is 40.2 Å². The van der Waals surface area contributed by atoms with Crippen molar-refractivity contribution in [1.82, 2.24) is 20.2 Å². The predicted octanol–water partition coefficient (Wildman–Crippen LogP) is 3.08. The standard InChI is InChI=1S/C20H27FN6O.HI/c21-16-14-23-19(24-15-16)26-9-11-27(12-10-26)20(25-17-4-1-2-5-17)22-8-7-18-6-3-13-28-18;/h3,6,13-15,17H,1-2,4-5,7-12H2,(H,22,25);1H. The van der Waals surface area contributed by atoms with Crippen LogP contribution in [0.1, 0.15) is 31.4 Å². The third kappa shape index (κ3) is 6.03. The maximum absolute atomic E-state index is 13.1. The Bertz CT molecular complexity index is 756. The number of furan rings is 1. The van der Waals surface area contributed by atoms with Crippen LogP contribution in [-0.2, 0) is 6.42 Å². The first-order valence-electron chi connectivity index (χ1n) is 10.1. The molecular weight excluding hydrogens is 486 g/mol. The molecule has 7 nitrogen and oxygen atoms in total. The summed E-state index contributed by atoms with van der Waals surface area (Å²) in [6.45, 7) is 3.94. The lowest BCUT2D eigenvalue weighted by Gasteiger charge is -2.37. The number of aromatic nitrogens is 2. The molecule has 1 aliphatic carbocycles. The van der Waals surface area contributed by atoms with Gasteiger partial charge in [-0.1, -0.05) is 12.8 Å². The topological polar surface area (TPSA) is 69.8 Å². The van der Waals surface area contributed by atoms with E-state index in [0.29, 0.717) is 18.5 Å². The summed E-state index contributed by atoms with van der Waals surface area (Å²) in [5, 5.41) is 3.67. The van der Waals surface area contributed by atoms with Crippen molar-refractivity contribution in [1.29, 1.82) is 0 Å². The second kappa shape index (κ2) is 10.7. The lowest BCUT2D eigenvalue weighted by Crippen LogP contribution is -2.54. The summed E-state index contributed by atoms with van der Waals surface area (Å²) in [5.74, 6) is 2.12. The number of piperazine rings is 1. The van der Waals surface area contributed by atoms with E-state index in [2.05, 4.69) is 25.1 Å². The average Bonchev–Trinajstić information content (AvgIpc) is 3.42. The van der Waals surface area contributed by atoms with Crippen molar-refractivity contribution in [2.75, 3.05) is 37.6 Å². The zero-order valence-electron chi connectivity index (χ0n) is 16.5. The van der Waals surface area contributed by atoms with Gasteiger partial charge in [0.25, 0.3) is 0 Å². The number of nitrogens with one attached hydrogen (secondary N) is 1. The molecular formula is C20H28FIN6O. The Labute approximate surface area is 187 Å². The number of aliphatic imine (C=N–C) groups is 1. The molecule has 0 spiro atoms. The lowest BCUT2D eigenvalue weighted by molar-refractivity contribution is 0.362. The molecule has 158 valence electrons. The zero-order chi connectivity index (χ0) is 19.2. The number of nitrogens with zero attached hydrogens (tertiary/aromatic N) is 5. The van der Waals surface area contributed by atoms with Crippen molar-refractivity contribution >= 4 is 35.9 Å². The van der Waals surface area contributed by atoms with Gasteiger partial charge in [0.05, 0.1) is 18.7 Å². The molecule has 1 aliphatic heterocycles. The van der Waals surface area contributed by atoms with E-state index in [-0.39, 0.29) is 24.0 Å². The third-order valence-electron chi connectivity index (χ3n) is 5.36. The smallest absolute Gasteiger partial charge is 0.225 e. The van der Waals surface area contributed by atoms with Crippen LogP contribution in [0.4, 0.5) is 10.3 Å². The van der Waals surface area contributed by atoms with Gasteiger partial charge in [0.1, 0.15) is 5.76 Å². The fraction of sp³-hybridized carbons (Fsp3) is 0.550. The van der Waals surface area contributed by atoms with Crippen molar-refractivity contribution in [2.24, 2.45) is 4.99 Å². The molecule has 1 saturated heterocycles. The van der Waals surface area contributed by atoms with Crippen molar-refractivity contribution in [2.45, 2.75) is 38.1 Å². The van der Waals surface area contributed by atoms with E-state index in [1.54, 1.807) is 6.26 Å². The summed E-state index contributed by atoms with van der Waals surface area (Å²) < 4.78 is 18.5. The number of guanidine groups is 1. The molecule has 9 heteroatoms. The second-order valence-corrected chi connectivity index (χ2v) is 7.34. The molecule has 0 unspecified atom stereocenters. The maximum atomic E-state index is 13.1. The predicted molar refractivity (Wildman–Crippen MR) is 121 cm³/mol. The summed E-state index contributed by atoms with van der Waals surface area (Å²) in [6.07, 6.45) is 9.93. The lowest BCUT2D eigenvalue weighted by atomic mass is 10.2. The van der Waals surface area contributed by atoms with Crippen LogP contribution in [-0.4, -0.2) is 59.6 Å². The largest absolute Gasteiger partial charge is 0.469 e. The van der Waals surface area contributed by atoms with Gasteiger partial charge < -0.3 is 19.5 Å². The van der Waals surface area contributed by atoms with Gasteiger partial charge in [-0.25, -0.2) is 14.4 Å². The van der Waals surface area contributed by atoms with Crippen molar-refractivity contribution < 1.29 is 8.81 Å². The quantitative estimate of drug-likeness (QED) is 0.376. The minimum Gasteiger partial charge on any atom is -0.469 e. The summed E-state index contributed by atoms with van der Waals surface area (Å²) >= 11 is 0. The molecule has 0 amide bonds. The van der Waals surface area contributed by atoms with Crippen LogP contribution in [0.3, 0.4) is 0 Å². The number of hydrogen-bond donors (Lipinski definition) is 1. The van der Waals surface area contributed by atoms with E-state index >= 15 is 0 Å². The number of rotatable bonds is 5. The Balaban J connectivity index is 0.00000240. The monoisotopic (exact) mass is 514 g/mol. The highest BCUT2D eigenvalue weighted by molar-refractivity contribution is 14.0. The number of halogens is 2. The van der Waals surface area contributed by atoms with Crippen LogP contribution in [0.5, 0.6) is 0 Å². The molecule has 2 aliphatic rings. The Kier molecular flexibility index (Phi) is 8.08. The first kappa shape index (κ1) is 21.8. The van der Waals surface area contributed by atoms with Gasteiger partial charge in [-0.3, -0.25) is 4.99 Å². The first-order chi connectivity index (χ1) is 13.8. The van der Waals surface area contributed by atoms with Crippen molar-refractivity contribution in [3.63, 3.8) is 0 Å². The molecule has 1 N–H and O–H groups in total. The van der Waals surface area contributed by atoms with Gasteiger partial charge in [-0.15, -0.1) is 24.0 Å². The summed E-state index contributed by atoms with van der Waals surface area (Å²) in [5.41, 5.74) is 0. The first-order valence-corrected chi connectivity index (χ1v) is 10.1. The van der Waals surface area contributed by atoms with Gasteiger partial charge in [0.15, 0.2) is 11.8 Å². The number of hydrogen-bond acceptors (Lipinski definition) is 5. The van der Waals surface area contributed by atoms with Gasteiger partial charge in [0.2, 0.25) is 5.95 Å². The van der Waals surface area contributed by atoms with Crippen LogP contribution in [0.25, 0.3) is 0 Å². The summed E-state index contributed by atoms with van der Waals surface area (Å²) in [7, 11) is 0. The highest BCUT2D eigenvalue weighted by atomic mass is 127. The molecule has 0 radical (unpaired) electrons. The fourth-order valence-electron chi connectivity index (χ4n) is 3.80. The van der Waals surface area contributed by atoms with Gasteiger partial charge in [0, 0.05) is 45.2 Å². The van der Waals surface area contributed by atoms with E-state index in [1.807, 2.05) is 12.1 Å². The van der Waals surface area contributed by atoms with E-state index < -0.39 is 5.82 Å². The normalized spacial score (nSPS) is 18.0. The highest BCUT2D eigenvalue weighted by Crippen LogP contribution is 2.18. The summed E-state index contributed by atoms with van der Waals surface area (Å²) in [6, 6.07) is 4.41. The Morgan fingerprint density at radius 1 is 1.17 bits per heavy atom. The van der Waals surface area contributed by atoms with E-state index in [4.69, 9.17) is 9.41 Å². The Morgan fingerprint density at radius 3 is 2.55 bits per heavy atom. The van der Waals surface area contributed by atoms with Crippen molar-refractivity contribution in [3.05, 3.63) is 42.4 Å².